The van der Waals surface area contributed by atoms with Crippen molar-refractivity contribution in [3.8, 4) is 5.75 Å². The Morgan fingerprint density at radius 1 is 1.04 bits per heavy atom. The van der Waals surface area contributed by atoms with Crippen LogP contribution in [0.4, 0.5) is 11.4 Å². The van der Waals surface area contributed by atoms with E-state index in [0.717, 1.165) is 22.7 Å². The van der Waals surface area contributed by atoms with Crippen molar-refractivity contribution >= 4 is 17.3 Å². The molecule has 0 saturated heterocycles. The first-order valence-corrected chi connectivity index (χ1v) is 8.90. The Morgan fingerprint density at radius 3 is 2.48 bits per heavy atom. The van der Waals surface area contributed by atoms with Crippen LogP contribution in [0.3, 0.4) is 0 Å². The maximum Gasteiger partial charge on any atom is 0.255 e. The molecule has 1 heterocycles. The van der Waals surface area contributed by atoms with Gasteiger partial charge in [0.15, 0.2) is 0 Å². The summed E-state index contributed by atoms with van der Waals surface area (Å²) >= 11 is 0. The number of carbonyl (C=O) groups excluding carboxylic acids is 1. The Morgan fingerprint density at radius 2 is 1.78 bits per heavy atom. The summed E-state index contributed by atoms with van der Waals surface area (Å²) < 4.78 is 5.45. The zero-order chi connectivity index (χ0) is 19.1. The van der Waals surface area contributed by atoms with E-state index in [1.807, 2.05) is 67.6 Å². The summed E-state index contributed by atoms with van der Waals surface area (Å²) in [6.07, 6.45) is 3.29. The van der Waals surface area contributed by atoms with Gasteiger partial charge in [-0.05, 0) is 42.8 Å². The number of carbonyl (C=O) groups is 1. The van der Waals surface area contributed by atoms with Crippen molar-refractivity contribution in [3.05, 3.63) is 84.2 Å². The molecule has 0 unspecified atom stereocenters. The Labute approximate surface area is 159 Å². The fourth-order valence-electron chi connectivity index (χ4n) is 2.74. The van der Waals surface area contributed by atoms with Crippen molar-refractivity contribution in [2.75, 3.05) is 19.0 Å². The monoisotopic (exact) mass is 361 g/mol. The van der Waals surface area contributed by atoms with E-state index >= 15 is 0 Å². The third kappa shape index (κ3) is 5.07. The molecule has 0 atom stereocenters. The molecule has 0 aliphatic heterocycles. The van der Waals surface area contributed by atoms with Crippen LogP contribution >= 0.6 is 0 Å². The first kappa shape index (κ1) is 18.5. The number of hydrogen-bond acceptors (Lipinski definition) is 4. The van der Waals surface area contributed by atoms with Gasteiger partial charge in [-0.15, -0.1) is 0 Å². The van der Waals surface area contributed by atoms with Crippen LogP contribution in [0.5, 0.6) is 5.75 Å². The molecule has 2 aromatic carbocycles. The van der Waals surface area contributed by atoms with E-state index in [9.17, 15) is 4.79 Å². The zero-order valence-corrected chi connectivity index (χ0v) is 15.6. The number of anilines is 2. The summed E-state index contributed by atoms with van der Waals surface area (Å²) in [6, 6.07) is 19.4. The molecule has 27 heavy (non-hydrogen) atoms. The van der Waals surface area contributed by atoms with Gasteiger partial charge in [0.2, 0.25) is 0 Å². The van der Waals surface area contributed by atoms with E-state index in [1.165, 1.54) is 0 Å². The molecule has 1 aromatic heterocycles. The van der Waals surface area contributed by atoms with Crippen LogP contribution in [0.25, 0.3) is 0 Å². The van der Waals surface area contributed by atoms with Gasteiger partial charge in [0.1, 0.15) is 5.75 Å². The highest BCUT2D eigenvalue weighted by atomic mass is 16.5. The highest BCUT2D eigenvalue weighted by Crippen LogP contribution is 2.20. The lowest BCUT2D eigenvalue weighted by molar-refractivity contribution is 0.0784. The summed E-state index contributed by atoms with van der Waals surface area (Å²) in [4.78, 5) is 18.6. The number of benzene rings is 2. The summed E-state index contributed by atoms with van der Waals surface area (Å²) in [7, 11) is 1.79. The Bertz CT molecular complexity index is 880. The summed E-state index contributed by atoms with van der Waals surface area (Å²) in [6.45, 7) is 3.14. The second-order valence-electron chi connectivity index (χ2n) is 6.19. The first-order chi connectivity index (χ1) is 13.2. The molecule has 0 radical (unpaired) electrons. The Hall–Kier alpha value is -3.34. The molecule has 1 amide bonds. The maximum atomic E-state index is 12.7. The highest BCUT2D eigenvalue weighted by Gasteiger charge is 2.13. The number of ether oxygens (including phenoxy) is 1. The number of nitrogens with one attached hydrogen (secondary N) is 1. The number of rotatable bonds is 7. The zero-order valence-electron chi connectivity index (χ0n) is 15.6. The minimum atomic E-state index is -0.0679. The lowest BCUT2D eigenvalue weighted by atomic mass is 10.2. The number of amides is 1. The van der Waals surface area contributed by atoms with E-state index in [0.29, 0.717) is 18.7 Å². The topological polar surface area (TPSA) is 54.5 Å². The smallest absolute Gasteiger partial charge is 0.255 e. The molecule has 5 heteroatoms. The van der Waals surface area contributed by atoms with Crippen molar-refractivity contribution in [2.24, 2.45) is 0 Å². The largest absolute Gasteiger partial charge is 0.494 e. The summed E-state index contributed by atoms with van der Waals surface area (Å²) in [5.74, 6) is 0.759. The molecule has 0 bridgehead atoms. The molecule has 1 N–H and O–H groups in total. The van der Waals surface area contributed by atoms with Crippen LogP contribution in [0, 0.1) is 0 Å². The lowest BCUT2D eigenvalue weighted by Crippen LogP contribution is -2.26. The fourth-order valence-corrected chi connectivity index (χ4v) is 2.74. The molecular formula is C22H23N3O2. The second kappa shape index (κ2) is 8.85. The predicted octanol–water partition coefficient (Wildman–Crippen LogP) is 4.50. The van der Waals surface area contributed by atoms with Gasteiger partial charge in [0, 0.05) is 25.5 Å². The molecule has 0 fully saturated rings. The van der Waals surface area contributed by atoms with Gasteiger partial charge in [-0.25, -0.2) is 0 Å². The van der Waals surface area contributed by atoms with E-state index in [1.54, 1.807) is 24.3 Å². The number of nitrogens with zero attached hydrogens (tertiary/aromatic N) is 2. The molecule has 3 rings (SSSR count). The van der Waals surface area contributed by atoms with Gasteiger partial charge in [0.05, 0.1) is 24.1 Å². The normalized spacial score (nSPS) is 10.3. The van der Waals surface area contributed by atoms with Crippen LogP contribution in [-0.2, 0) is 6.54 Å². The molecular weight excluding hydrogens is 338 g/mol. The van der Waals surface area contributed by atoms with Crippen LogP contribution in [0.15, 0.2) is 73.1 Å². The van der Waals surface area contributed by atoms with Crippen LogP contribution in [-0.4, -0.2) is 29.4 Å². The van der Waals surface area contributed by atoms with Crippen LogP contribution < -0.4 is 10.1 Å². The van der Waals surface area contributed by atoms with E-state index < -0.39 is 0 Å². The van der Waals surface area contributed by atoms with Gasteiger partial charge in [-0.1, -0.05) is 30.3 Å². The number of pyridine rings is 1. The van der Waals surface area contributed by atoms with Crippen molar-refractivity contribution in [1.29, 1.82) is 0 Å². The quantitative estimate of drug-likeness (QED) is 0.673. The minimum Gasteiger partial charge on any atom is -0.494 e. The van der Waals surface area contributed by atoms with Crippen LogP contribution in [0.1, 0.15) is 22.8 Å². The predicted molar refractivity (Wildman–Crippen MR) is 107 cm³/mol. The molecule has 5 nitrogen and oxygen atoms in total. The van der Waals surface area contributed by atoms with E-state index in [4.69, 9.17) is 4.74 Å². The molecule has 138 valence electrons. The number of hydrogen-bond donors (Lipinski definition) is 1. The molecule has 0 spiro atoms. The highest BCUT2D eigenvalue weighted by molar-refractivity contribution is 5.94. The van der Waals surface area contributed by atoms with Crippen LogP contribution in [0.2, 0.25) is 0 Å². The van der Waals surface area contributed by atoms with E-state index in [2.05, 4.69) is 10.3 Å². The maximum absolute atomic E-state index is 12.7. The van der Waals surface area contributed by atoms with Gasteiger partial charge in [0.25, 0.3) is 5.91 Å². The third-order valence-corrected chi connectivity index (χ3v) is 4.05. The molecule has 0 saturated carbocycles. The van der Waals surface area contributed by atoms with Crippen molar-refractivity contribution in [3.63, 3.8) is 0 Å². The van der Waals surface area contributed by atoms with E-state index in [-0.39, 0.29) is 5.91 Å². The average Bonchev–Trinajstić information content (AvgIpc) is 2.70. The lowest BCUT2D eigenvalue weighted by Gasteiger charge is -2.17. The molecule has 0 aliphatic rings. The van der Waals surface area contributed by atoms with Gasteiger partial charge < -0.3 is 15.0 Å². The van der Waals surface area contributed by atoms with Gasteiger partial charge in [-0.2, -0.15) is 0 Å². The number of aromatic nitrogens is 1. The van der Waals surface area contributed by atoms with Gasteiger partial charge >= 0.3 is 0 Å². The van der Waals surface area contributed by atoms with Crippen molar-refractivity contribution in [1.82, 2.24) is 9.88 Å². The SMILES string of the molecule is CCOc1ccc(Nc2cncc(C(=O)N(C)Cc3ccccc3)c2)cc1. The molecule has 3 aromatic rings. The summed E-state index contributed by atoms with van der Waals surface area (Å²) in [5, 5.41) is 3.27. The summed E-state index contributed by atoms with van der Waals surface area (Å²) in [5.41, 5.74) is 3.30. The average molecular weight is 361 g/mol. The van der Waals surface area contributed by atoms with Crippen molar-refractivity contribution in [2.45, 2.75) is 13.5 Å². The minimum absolute atomic E-state index is 0.0679. The fraction of sp³-hybridized carbons (Fsp3) is 0.182. The standard InChI is InChI=1S/C22H23N3O2/c1-3-27-21-11-9-19(10-12-21)24-20-13-18(14-23-15-20)22(26)25(2)16-17-7-5-4-6-8-17/h4-15,24H,3,16H2,1-2H3. The molecule has 0 aliphatic carbocycles. The second-order valence-corrected chi connectivity index (χ2v) is 6.19. The third-order valence-electron chi connectivity index (χ3n) is 4.05. The van der Waals surface area contributed by atoms with Gasteiger partial charge in [-0.3, -0.25) is 9.78 Å². The Kier molecular flexibility index (Phi) is 6.05. The Balaban J connectivity index is 1.68. The first-order valence-electron chi connectivity index (χ1n) is 8.90. The van der Waals surface area contributed by atoms with Crippen molar-refractivity contribution < 1.29 is 9.53 Å².